The number of methoxy groups -OCH3 is 1. The lowest BCUT2D eigenvalue weighted by Gasteiger charge is -2.41. The number of hydrogen-bond donors (Lipinski definition) is 1. The van der Waals surface area contributed by atoms with Crippen molar-refractivity contribution in [2.75, 3.05) is 23.9 Å². The Morgan fingerprint density at radius 2 is 2.03 bits per heavy atom. The summed E-state index contributed by atoms with van der Waals surface area (Å²) >= 11 is 7.29. The minimum Gasteiger partial charge on any atom is -0.495 e. The van der Waals surface area contributed by atoms with Gasteiger partial charge >= 0.3 is 6.03 Å². The number of nitrogens with one attached hydrogen (secondary N) is 1. The van der Waals surface area contributed by atoms with Crippen LogP contribution < -0.4 is 15.0 Å². The molecule has 2 atom stereocenters. The van der Waals surface area contributed by atoms with Crippen LogP contribution in [0.1, 0.15) is 0 Å². The van der Waals surface area contributed by atoms with Gasteiger partial charge in [0.25, 0.3) is 5.91 Å². The molecule has 1 fully saturated rings. The van der Waals surface area contributed by atoms with Crippen molar-refractivity contribution >= 4 is 52.6 Å². The summed E-state index contributed by atoms with van der Waals surface area (Å²) in [5.74, 6) is -1.16. The van der Waals surface area contributed by atoms with E-state index in [1.54, 1.807) is 35.7 Å². The number of ether oxygens (including phenoxy) is 1. The standard InChI is InChI=1S/C21H17ClFN3O4S/c1-30-17-5-3-2-4-15(17)26-20(28)19-16(8-9-31-19)25(21(26)29)11-18(27)24-14-10-12(23)6-7-13(14)22/h2-10,16,19H,11H2,1H3,(H,24,27). The number of para-hydroxylation sites is 2. The Bertz CT molecular complexity index is 1100. The maximum Gasteiger partial charge on any atom is 0.332 e. The van der Waals surface area contributed by atoms with Crippen molar-refractivity contribution in [3.63, 3.8) is 0 Å². The molecule has 160 valence electrons. The molecule has 31 heavy (non-hydrogen) atoms. The molecule has 0 spiro atoms. The van der Waals surface area contributed by atoms with Gasteiger partial charge in [-0.2, -0.15) is 0 Å². The summed E-state index contributed by atoms with van der Waals surface area (Å²) in [6.07, 6.45) is 1.72. The van der Waals surface area contributed by atoms with Gasteiger partial charge in [-0.05, 0) is 35.7 Å². The van der Waals surface area contributed by atoms with Gasteiger partial charge in [-0.15, -0.1) is 11.8 Å². The van der Waals surface area contributed by atoms with Crippen LogP contribution >= 0.6 is 23.4 Å². The van der Waals surface area contributed by atoms with Crippen LogP contribution in [0.4, 0.5) is 20.6 Å². The molecule has 2 unspecified atom stereocenters. The SMILES string of the molecule is COc1ccccc1N1C(=O)C2SC=CC2N(CC(=O)Nc2cc(F)ccc2Cl)C1=O. The van der Waals surface area contributed by atoms with Crippen molar-refractivity contribution in [3.8, 4) is 5.75 Å². The first kappa shape index (κ1) is 21.2. The van der Waals surface area contributed by atoms with Crippen LogP contribution in [-0.2, 0) is 9.59 Å². The Morgan fingerprint density at radius 1 is 1.26 bits per heavy atom. The Kier molecular flexibility index (Phi) is 5.88. The van der Waals surface area contributed by atoms with Crippen LogP contribution in [0.2, 0.25) is 5.02 Å². The zero-order valence-corrected chi connectivity index (χ0v) is 17.8. The van der Waals surface area contributed by atoms with Gasteiger partial charge in [-0.25, -0.2) is 14.1 Å². The largest absolute Gasteiger partial charge is 0.495 e. The summed E-state index contributed by atoms with van der Waals surface area (Å²) in [6, 6.07) is 9.03. The normalized spacial score (nSPS) is 20.1. The van der Waals surface area contributed by atoms with Crippen molar-refractivity contribution in [1.29, 1.82) is 0 Å². The number of nitrogens with zero attached hydrogens (tertiary/aromatic N) is 2. The molecule has 4 rings (SSSR count). The molecule has 0 radical (unpaired) electrons. The first-order valence-corrected chi connectivity index (χ1v) is 10.6. The van der Waals surface area contributed by atoms with Crippen LogP contribution in [0.25, 0.3) is 0 Å². The second-order valence-corrected chi connectivity index (χ2v) is 8.26. The minimum absolute atomic E-state index is 0.0988. The predicted octanol–water partition coefficient (Wildman–Crippen LogP) is 3.89. The molecule has 2 aromatic carbocycles. The van der Waals surface area contributed by atoms with Crippen molar-refractivity contribution < 1.29 is 23.5 Å². The van der Waals surface area contributed by atoms with Gasteiger partial charge in [-0.3, -0.25) is 9.59 Å². The van der Waals surface area contributed by atoms with E-state index in [0.717, 1.165) is 11.0 Å². The summed E-state index contributed by atoms with van der Waals surface area (Å²) in [6.45, 7) is -0.351. The number of carbonyl (C=O) groups is 3. The molecule has 2 aromatic rings. The first-order chi connectivity index (χ1) is 14.9. The highest BCUT2D eigenvalue weighted by molar-refractivity contribution is 8.03. The zero-order chi connectivity index (χ0) is 22.1. The summed E-state index contributed by atoms with van der Waals surface area (Å²) in [5, 5.41) is 3.84. The van der Waals surface area contributed by atoms with Gasteiger partial charge in [0.1, 0.15) is 23.4 Å². The molecular formula is C21H17ClFN3O4S. The number of carbonyl (C=O) groups excluding carboxylic acids is 3. The van der Waals surface area contributed by atoms with Crippen molar-refractivity contribution in [1.82, 2.24) is 4.90 Å². The van der Waals surface area contributed by atoms with E-state index in [-0.39, 0.29) is 23.2 Å². The van der Waals surface area contributed by atoms with Crippen molar-refractivity contribution in [3.05, 3.63) is 64.8 Å². The molecule has 0 saturated carbocycles. The molecule has 0 bridgehead atoms. The summed E-state index contributed by atoms with van der Waals surface area (Å²) in [5.41, 5.74) is 0.395. The molecule has 2 heterocycles. The van der Waals surface area contributed by atoms with E-state index in [2.05, 4.69) is 5.32 Å². The number of imide groups is 1. The fraction of sp³-hybridized carbons (Fsp3) is 0.190. The predicted molar refractivity (Wildman–Crippen MR) is 117 cm³/mol. The molecule has 2 aliphatic rings. The number of urea groups is 1. The molecule has 1 N–H and O–H groups in total. The highest BCUT2D eigenvalue weighted by Gasteiger charge is 2.49. The lowest BCUT2D eigenvalue weighted by atomic mass is 10.1. The van der Waals surface area contributed by atoms with E-state index in [1.807, 2.05) is 0 Å². The number of anilines is 2. The van der Waals surface area contributed by atoms with E-state index in [9.17, 15) is 18.8 Å². The monoisotopic (exact) mass is 461 g/mol. The maximum atomic E-state index is 13.5. The van der Waals surface area contributed by atoms with E-state index < -0.39 is 29.0 Å². The Labute approximate surface area is 186 Å². The second-order valence-electron chi connectivity index (χ2n) is 6.80. The third kappa shape index (κ3) is 3.98. The number of hydrogen-bond acceptors (Lipinski definition) is 5. The van der Waals surface area contributed by atoms with Gasteiger partial charge in [0, 0.05) is 0 Å². The van der Waals surface area contributed by atoms with Crippen molar-refractivity contribution in [2.24, 2.45) is 0 Å². The van der Waals surface area contributed by atoms with Gasteiger partial charge in [0.15, 0.2) is 0 Å². The van der Waals surface area contributed by atoms with Gasteiger partial charge in [0.05, 0.1) is 29.5 Å². The molecule has 0 aromatic heterocycles. The van der Waals surface area contributed by atoms with Crippen LogP contribution in [0.3, 0.4) is 0 Å². The Morgan fingerprint density at radius 3 is 2.81 bits per heavy atom. The fourth-order valence-corrected chi connectivity index (χ4v) is 4.69. The number of halogens is 2. The summed E-state index contributed by atoms with van der Waals surface area (Å²) in [4.78, 5) is 41.4. The minimum atomic E-state index is -0.650. The average Bonchev–Trinajstić information content (AvgIpc) is 3.24. The molecule has 7 nitrogen and oxygen atoms in total. The number of amides is 4. The maximum absolute atomic E-state index is 13.5. The lowest BCUT2D eigenvalue weighted by Crippen LogP contribution is -2.63. The number of thioether (sulfide) groups is 1. The van der Waals surface area contributed by atoms with Crippen LogP contribution in [-0.4, -0.2) is 47.7 Å². The Balaban J connectivity index is 1.62. The van der Waals surface area contributed by atoms with Gasteiger partial charge in [0.2, 0.25) is 5.91 Å². The van der Waals surface area contributed by atoms with Gasteiger partial charge in [-0.1, -0.05) is 29.8 Å². The fourth-order valence-electron chi connectivity index (χ4n) is 3.49. The second kappa shape index (κ2) is 8.60. The lowest BCUT2D eigenvalue weighted by molar-refractivity contribution is -0.121. The highest BCUT2D eigenvalue weighted by atomic mass is 35.5. The molecule has 1 saturated heterocycles. The van der Waals surface area contributed by atoms with Gasteiger partial charge < -0.3 is 15.0 Å². The van der Waals surface area contributed by atoms with E-state index >= 15 is 0 Å². The van der Waals surface area contributed by atoms with E-state index in [4.69, 9.17) is 16.3 Å². The number of rotatable bonds is 5. The van der Waals surface area contributed by atoms with Crippen LogP contribution in [0, 0.1) is 5.82 Å². The molecule has 4 amide bonds. The molecular weight excluding hydrogens is 445 g/mol. The van der Waals surface area contributed by atoms with Crippen LogP contribution in [0.5, 0.6) is 5.75 Å². The average molecular weight is 462 g/mol. The Hall–Kier alpha value is -3.04. The summed E-state index contributed by atoms with van der Waals surface area (Å²) in [7, 11) is 1.44. The third-order valence-electron chi connectivity index (χ3n) is 4.91. The molecule has 0 aliphatic carbocycles. The highest BCUT2D eigenvalue weighted by Crippen LogP contribution is 2.39. The van der Waals surface area contributed by atoms with Crippen LogP contribution in [0.15, 0.2) is 53.9 Å². The number of fused-ring (bicyclic) bond motifs is 1. The third-order valence-corrected chi connectivity index (χ3v) is 6.33. The quantitative estimate of drug-likeness (QED) is 0.730. The van der Waals surface area contributed by atoms with E-state index in [0.29, 0.717) is 11.4 Å². The van der Waals surface area contributed by atoms with E-state index in [1.165, 1.54) is 35.9 Å². The molecule has 10 heteroatoms. The first-order valence-electron chi connectivity index (χ1n) is 9.25. The smallest absolute Gasteiger partial charge is 0.332 e. The summed E-state index contributed by atoms with van der Waals surface area (Å²) < 4.78 is 18.8. The topological polar surface area (TPSA) is 79.0 Å². The van der Waals surface area contributed by atoms with Crippen molar-refractivity contribution in [2.45, 2.75) is 11.3 Å². The number of benzene rings is 2. The zero-order valence-electron chi connectivity index (χ0n) is 16.2. The molecule has 2 aliphatic heterocycles.